The summed E-state index contributed by atoms with van der Waals surface area (Å²) in [7, 11) is -4.02. The maximum atomic E-state index is 13.2. The summed E-state index contributed by atoms with van der Waals surface area (Å²) in [6.45, 7) is 0. The smallest absolute Gasteiger partial charge is 0.249 e. The minimum Gasteiger partial charge on any atom is -0.249 e. The second-order valence-electron chi connectivity index (χ2n) is 4.56. The number of alkyl halides is 3. The van der Waals surface area contributed by atoms with Crippen LogP contribution < -0.4 is 9.62 Å². The van der Waals surface area contributed by atoms with Gasteiger partial charge < -0.3 is 0 Å². The molecule has 0 spiro atoms. The van der Waals surface area contributed by atoms with Gasteiger partial charge in [0.15, 0.2) is 0 Å². The third kappa shape index (κ3) is 2.21. The molecule has 1 fully saturated rings. The molecule has 1 aromatic rings. The van der Waals surface area contributed by atoms with Crippen molar-refractivity contribution in [3.05, 3.63) is 24.3 Å². The average Bonchev–Trinajstić information content (AvgIpc) is 3.10. The number of hydrogen-bond acceptors (Lipinski definition) is 3. The molecule has 20 heavy (non-hydrogen) atoms. The van der Waals surface area contributed by atoms with E-state index in [1.807, 2.05) is 4.72 Å². The quantitative estimate of drug-likeness (QED) is 0.805. The topological polar surface area (TPSA) is 61.8 Å². The van der Waals surface area contributed by atoms with Gasteiger partial charge in [-0.15, -0.1) is 13.2 Å². The monoisotopic (exact) mass is 305 g/mol. The molecule has 0 saturated heterocycles. The largest absolute Gasteiger partial charge is 0.491 e. The van der Waals surface area contributed by atoms with Crippen molar-refractivity contribution in [2.75, 3.05) is 4.90 Å². The van der Waals surface area contributed by atoms with Crippen molar-refractivity contribution in [3.8, 4) is 0 Å². The number of sulfonamides is 1. The van der Waals surface area contributed by atoms with Gasteiger partial charge in [-0.3, -0.25) is 0 Å². The molecule has 108 valence electrons. The van der Waals surface area contributed by atoms with E-state index in [1.54, 1.807) is 0 Å². The van der Waals surface area contributed by atoms with Crippen molar-refractivity contribution in [2.45, 2.75) is 30.1 Å². The minimum atomic E-state index is -4.76. The number of halogens is 3. The van der Waals surface area contributed by atoms with Gasteiger partial charge in [0.25, 0.3) is 10.0 Å². The zero-order valence-electron chi connectivity index (χ0n) is 10.1. The summed E-state index contributed by atoms with van der Waals surface area (Å²) < 4.78 is 65.5. The molecule has 5 nitrogen and oxygen atoms in total. The minimum absolute atomic E-state index is 0.0261. The van der Waals surface area contributed by atoms with Gasteiger partial charge in [-0.25, -0.2) is 23.0 Å². The van der Waals surface area contributed by atoms with Crippen molar-refractivity contribution in [2.24, 2.45) is 4.99 Å². The lowest BCUT2D eigenvalue weighted by molar-refractivity contribution is -0.119. The molecular formula is C11H10F3N3O2S. The third-order valence-electron chi connectivity index (χ3n) is 2.94. The molecule has 1 heterocycles. The van der Waals surface area contributed by atoms with Gasteiger partial charge in [0.2, 0.25) is 5.96 Å². The number of para-hydroxylation sites is 1. The van der Waals surface area contributed by atoms with E-state index in [4.69, 9.17) is 0 Å². The first-order valence-electron chi connectivity index (χ1n) is 5.86. The van der Waals surface area contributed by atoms with E-state index in [1.165, 1.54) is 12.1 Å². The van der Waals surface area contributed by atoms with Crippen LogP contribution in [0.1, 0.15) is 12.8 Å². The Kier molecular flexibility index (Phi) is 2.72. The fourth-order valence-corrected chi connectivity index (χ4v) is 3.11. The Morgan fingerprint density at radius 1 is 1.25 bits per heavy atom. The number of nitrogens with zero attached hydrogens (tertiary/aromatic N) is 2. The molecule has 1 saturated carbocycles. The number of nitrogens with one attached hydrogen (secondary N) is 1. The standard InChI is InChI=1S/C11H10F3N3O2S/c12-11(13,14)17-8-3-1-2-4-9(8)20(18,19)16-10(17)15-7-5-6-7/h1-4,7H,5-6H2,(H,15,16). The fraction of sp³-hybridized carbons (Fsp3) is 0.364. The molecule has 1 aromatic carbocycles. The average molecular weight is 305 g/mol. The molecule has 0 aromatic heterocycles. The van der Waals surface area contributed by atoms with Crippen LogP contribution in [0.2, 0.25) is 0 Å². The molecule has 1 aliphatic carbocycles. The molecule has 9 heteroatoms. The van der Waals surface area contributed by atoms with Gasteiger partial charge in [0.1, 0.15) is 4.90 Å². The SMILES string of the molecule is O=S1(=O)NC(=NC2CC2)N(C(F)(F)F)c2ccccc21. The Bertz CT molecular complexity index is 680. The lowest BCUT2D eigenvalue weighted by Crippen LogP contribution is -2.55. The van der Waals surface area contributed by atoms with Crippen LogP contribution in [0.15, 0.2) is 34.2 Å². The first-order chi connectivity index (χ1) is 9.29. The number of aliphatic imine (C=N–C) groups is 1. The zero-order chi connectivity index (χ0) is 14.5. The van der Waals surface area contributed by atoms with Gasteiger partial charge >= 0.3 is 6.30 Å². The summed E-state index contributed by atoms with van der Waals surface area (Å²) >= 11 is 0. The number of hydrogen-bond donors (Lipinski definition) is 1. The normalized spacial score (nSPS) is 23.4. The summed E-state index contributed by atoms with van der Waals surface area (Å²) in [6.07, 6.45) is -3.43. The van der Waals surface area contributed by atoms with Gasteiger partial charge in [0.05, 0.1) is 11.7 Å². The fourth-order valence-electron chi connectivity index (χ4n) is 1.92. The van der Waals surface area contributed by atoms with E-state index in [0.717, 1.165) is 12.1 Å². The second kappa shape index (κ2) is 4.11. The number of anilines is 1. The van der Waals surface area contributed by atoms with Crippen LogP contribution in [0.3, 0.4) is 0 Å². The van der Waals surface area contributed by atoms with Gasteiger partial charge in [-0.1, -0.05) is 12.1 Å². The summed E-state index contributed by atoms with van der Waals surface area (Å²) in [6, 6.07) is 4.72. The van der Waals surface area contributed by atoms with Gasteiger partial charge in [0, 0.05) is 0 Å². The molecule has 2 aliphatic rings. The zero-order valence-corrected chi connectivity index (χ0v) is 10.9. The van der Waals surface area contributed by atoms with Crippen LogP contribution in [-0.2, 0) is 10.0 Å². The maximum absolute atomic E-state index is 13.2. The van der Waals surface area contributed by atoms with Crippen molar-refractivity contribution in [1.82, 2.24) is 4.72 Å². The first-order valence-corrected chi connectivity index (χ1v) is 7.34. The van der Waals surface area contributed by atoms with E-state index in [2.05, 4.69) is 4.99 Å². The van der Waals surface area contributed by atoms with Crippen LogP contribution in [0.25, 0.3) is 0 Å². The Labute approximate surface area is 113 Å². The van der Waals surface area contributed by atoms with E-state index >= 15 is 0 Å². The van der Waals surface area contributed by atoms with Crippen LogP contribution in [0.4, 0.5) is 18.9 Å². The molecular weight excluding hydrogens is 295 g/mol. The highest BCUT2D eigenvalue weighted by Gasteiger charge is 2.47. The van der Waals surface area contributed by atoms with Crippen LogP contribution in [0.5, 0.6) is 0 Å². The molecule has 1 N–H and O–H groups in total. The summed E-state index contributed by atoms with van der Waals surface area (Å²) in [5.74, 6) is -0.682. The predicted molar refractivity (Wildman–Crippen MR) is 65.8 cm³/mol. The summed E-state index contributed by atoms with van der Waals surface area (Å²) in [5.41, 5.74) is -0.432. The lowest BCUT2D eigenvalue weighted by Gasteiger charge is -2.33. The number of guanidine groups is 1. The highest BCUT2D eigenvalue weighted by Crippen LogP contribution is 2.37. The van der Waals surface area contributed by atoms with Crippen LogP contribution >= 0.6 is 0 Å². The number of benzene rings is 1. The number of rotatable bonds is 1. The predicted octanol–water partition coefficient (Wildman–Crippen LogP) is 1.82. The van der Waals surface area contributed by atoms with Crippen molar-refractivity contribution in [3.63, 3.8) is 0 Å². The van der Waals surface area contributed by atoms with Crippen molar-refractivity contribution in [1.29, 1.82) is 0 Å². The first kappa shape index (κ1) is 13.2. The lowest BCUT2D eigenvalue weighted by atomic mass is 10.3. The van der Waals surface area contributed by atoms with Crippen LogP contribution in [-0.4, -0.2) is 26.7 Å². The molecule has 0 atom stereocenters. The van der Waals surface area contributed by atoms with E-state index in [9.17, 15) is 21.6 Å². The molecule has 0 amide bonds. The van der Waals surface area contributed by atoms with E-state index < -0.39 is 32.9 Å². The third-order valence-corrected chi connectivity index (χ3v) is 4.31. The molecule has 1 aliphatic heterocycles. The summed E-state index contributed by atoms with van der Waals surface area (Å²) in [5, 5.41) is 0. The Morgan fingerprint density at radius 3 is 2.50 bits per heavy atom. The Morgan fingerprint density at radius 2 is 1.90 bits per heavy atom. The van der Waals surface area contributed by atoms with Crippen molar-refractivity contribution < 1.29 is 21.6 Å². The Hall–Kier alpha value is -1.77. The number of fused-ring (bicyclic) bond motifs is 1. The second-order valence-corrected chi connectivity index (χ2v) is 6.21. The molecule has 0 radical (unpaired) electrons. The van der Waals surface area contributed by atoms with Crippen molar-refractivity contribution >= 4 is 21.7 Å². The highest BCUT2D eigenvalue weighted by atomic mass is 32.2. The highest BCUT2D eigenvalue weighted by molar-refractivity contribution is 7.90. The Balaban J connectivity index is 2.21. The summed E-state index contributed by atoms with van der Waals surface area (Å²) in [4.78, 5) is 3.39. The maximum Gasteiger partial charge on any atom is 0.491 e. The van der Waals surface area contributed by atoms with Gasteiger partial charge in [-0.2, -0.15) is 0 Å². The molecule has 0 bridgehead atoms. The molecule has 3 rings (SSSR count). The van der Waals surface area contributed by atoms with Gasteiger partial charge in [-0.05, 0) is 25.0 Å². The van der Waals surface area contributed by atoms with E-state index in [-0.39, 0.29) is 10.9 Å². The van der Waals surface area contributed by atoms with E-state index in [0.29, 0.717) is 12.8 Å². The molecule has 0 unspecified atom stereocenters. The van der Waals surface area contributed by atoms with Crippen LogP contribution in [0, 0.1) is 0 Å².